The molecule has 2 aromatic rings. The van der Waals surface area contributed by atoms with E-state index in [1.807, 2.05) is 19.1 Å². The van der Waals surface area contributed by atoms with Gasteiger partial charge in [-0.05, 0) is 51.1 Å². The third kappa shape index (κ3) is 2.29. The van der Waals surface area contributed by atoms with Crippen molar-refractivity contribution in [2.45, 2.75) is 26.4 Å². The number of aromatic nitrogens is 2. The summed E-state index contributed by atoms with van der Waals surface area (Å²) in [4.78, 5) is 19.5. The number of hydrogen-bond acceptors (Lipinski definition) is 4. The molecule has 1 aliphatic rings. The fourth-order valence-corrected chi connectivity index (χ4v) is 2.73. The molecule has 0 amide bonds. The number of benzene rings is 1. The Kier molecular flexibility index (Phi) is 3.44. The summed E-state index contributed by atoms with van der Waals surface area (Å²) in [5, 5.41) is 0.620. The smallest absolute Gasteiger partial charge is 0.262 e. The molecule has 3 rings (SSSR count). The van der Waals surface area contributed by atoms with Crippen LogP contribution in [0.15, 0.2) is 23.0 Å². The van der Waals surface area contributed by atoms with E-state index in [1.54, 1.807) is 17.7 Å². The lowest BCUT2D eigenvalue weighted by atomic mass is 10.2. The topological polar surface area (TPSA) is 47.4 Å². The van der Waals surface area contributed by atoms with Crippen LogP contribution in [0.4, 0.5) is 0 Å². The van der Waals surface area contributed by atoms with Crippen LogP contribution in [0.1, 0.15) is 18.7 Å². The Balaban J connectivity index is 2.08. The molecular weight excluding hydrogens is 254 g/mol. The van der Waals surface area contributed by atoms with E-state index in [0.29, 0.717) is 17.8 Å². The third-order valence-electron chi connectivity index (χ3n) is 3.89. The van der Waals surface area contributed by atoms with Crippen LogP contribution < -0.4 is 10.3 Å². The summed E-state index contributed by atoms with van der Waals surface area (Å²) in [6.45, 7) is 4.63. The summed E-state index contributed by atoms with van der Waals surface area (Å²) in [5.41, 5.74) is 0.740. The van der Waals surface area contributed by atoms with Crippen LogP contribution in [0, 0.1) is 6.92 Å². The molecule has 1 fully saturated rings. The van der Waals surface area contributed by atoms with E-state index in [-0.39, 0.29) is 5.56 Å². The molecule has 5 nitrogen and oxygen atoms in total. The molecule has 5 heteroatoms. The Hall–Kier alpha value is -1.88. The molecule has 1 aromatic heterocycles. The van der Waals surface area contributed by atoms with E-state index in [1.165, 1.54) is 12.8 Å². The largest absolute Gasteiger partial charge is 0.497 e. The molecule has 106 valence electrons. The Morgan fingerprint density at radius 3 is 2.75 bits per heavy atom. The number of rotatable bonds is 3. The van der Waals surface area contributed by atoms with Crippen molar-refractivity contribution < 1.29 is 4.74 Å². The minimum absolute atomic E-state index is 0.0123. The second kappa shape index (κ2) is 5.25. The summed E-state index contributed by atoms with van der Waals surface area (Å²) < 4.78 is 6.95. The average Bonchev–Trinajstić information content (AvgIpc) is 2.96. The molecule has 1 aliphatic heterocycles. The second-order valence-corrected chi connectivity index (χ2v) is 5.24. The lowest BCUT2D eigenvalue weighted by Gasteiger charge is -2.18. The first-order valence-corrected chi connectivity index (χ1v) is 6.96. The molecule has 1 aromatic carbocycles. The zero-order valence-electron chi connectivity index (χ0n) is 11.9. The quantitative estimate of drug-likeness (QED) is 0.855. The first kappa shape index (κ1) is 13.1. The number of ether oxygens (including phenoxy) is 1. The van der Waals surface area contributed by atoms with Gasteiger partial charge in [-0.3, -0.25) is 14.3 Å². The van der Waals surface area contributed by atoms with E-state index in [2.05, 4.69) is 9.88 Å². The van der Waals surface area contributed by atoms with Gasteiger partial charge in [-0.2, -0.15) is 0 Å². The lowest BCUT2D eigenvalue weighted by molar-refractivity contribution is 0.262. The van der Waals surface area contributed by atoms with Crippen molar-refractivity contribution in [3.63, 3.8) is 0 Å². The van der Waals surface area contributed by atoms with Crippen molar-refractivity contribution in [3.05, 3.63) is 34.4 Å². The molecule has 1 saturated heterocycles. The van der Waals surface area contributed by atoms with E-state index in [0.717, 1.165) is 24.4 Å². The van der Waals surface area contributed by atoms with Crippen molar-refractivity contribution in [1.82, 2.24) is 14.5 Å². The van der Waals surface area contributed by atoms with Crippen molar-refractivity contribution >= 4 is 10.9 Å². The minimum atomic E-state index is 0.0123. The van der Waals surface area contributed by atoms with Gasteiger partial charge in [-0.15, -0.1) is 0 Å². The molecule has 2 heterocycles. The van der Waals surface area contributed by atoms with Gasteiger partial charge < -0.3 is 4.74 Å². The first-order valence-electron chi connectivity index (χ1n) is 6.96. The van der Waals surface area contributed by atoms with E-state index >= 15 is 0 Å². The van der Waals surface area contributed by atoms with Gasteiger partial charge in [0.05, 0.1) is 24.7 Å². The summed E-state index contributed by atoms with van der Waals surface area (Å²) >= 11 is 0. The maximum Gasteiger partial charge on any atom is 0.262 e. The number of aryl methyl sites for hydroxylation is 1. The number of nitrogens with zero attached hydrogens (tertiary/aromatic N) is 3. The van der Waals surface area contributed by atoms with Gasteiger partial charge in [-0.25, -0.2) is 4.98 Å². The molecular formula is C15H19N3O2. The molecule has 0 radical (unpaired) electrons. The zero-order valence-corrected chi connectivity index (χ0v) is 11.9. The standard InChI is InChI=1S/C15H19N3O2/c1-11-16-14-6-5-12(20-2)9-13(14)15(19)18(11)10-17-7-3-4-8-17/h5-6,9H,3-4,7-8,10H2,1-2H3. The fraction of sp³-hybridized carbons (Fsp3) is 0.467. The number of hydrogen-bond donors (Lipinski definition) is 0. The Bertz CT molecular complexity index is 687. The molecule has 20 heavy (non-hydrogen) atoms. The number of methoxy groups -OCH3 is 1. The van der Waals surface area contributed by atoms with Crippen LogP contribution in [0.25, 0.3) is 10.9 Å². The number of likely N-dealkylation sites (tertiary alicyclic amines) is 1. The molecule has 0 bridgehead atoms. The fourth-order valence-electron chi connectivity index (χ4n) is 2.73. The molecule has 0 spiro atoms. The van der Waals surface area contributed by atoms with Crippen LogP contribution in [-0.4, -0.2) is 34.7 Å². The van der Waals surface area contributed by atoms with Gasteiger partial charge in [0.1, 0.15) is 11.6 Å². The predicted molar refractivity (Wildman–Crippen MR) is 78.1 cm³/mol. The Morgan fingerprint density at radius 1 is 1.30 bits per heavy atom. The van der Waals surface area contributed by atoms with Crippen LogP contribution in [0.3, 0.4) is 0 Å². The second-order valence-electron chi connectivity index (χ2n) is 5.24. The van der Waals surface area contributed by atoms with Crippen LogP contribution in [0.5, 0.6) is 5.75 Å². The lowest BCUT2D eigenvalue weighted by Crippen LogP contribution is -2.32. The highest BCUT2D eigenvalue weighted by Crippen LogP contribution is 2.17. The molecule has 0 aliphatic carbocycles. The van der Waals surface area contributed by atoms with E-state index < -0.39 is 0 Å². The maximum atomic E-state index is 12.6. The third-order valence-corrected chi connectivity index (χ3v) is 3.89. The van der Waals surface area contributed by atoms with Crippen LogP contribution >= 0.6 is 0 Å². The van der Waals surface area contributed by atoms with Gasteiger partial charge in [-0.1, -0.05) is 0 Å². The van der Waals surface area contributed by atoms with E-state index in [9.17, 15) is 4.79 Å². The average molecular weight is 273 g/mol. The highest BCUT2D eigenvalue weighted by Gasteiger charge is 2.15. The molecule has 0 atom stereocenters. The highest BCUT2D eigenvalue weighted by molar-refractivity contribution is 5.79. The summed E-state index contributed by atoms with van der Waals surface area (Å²) in [5.74, 6) is 1.45. The van der Waals surface area contributed by atoms with Crippen molar-refractivity contribution in [2.24, 2.45) is 0 Å². The van der Waals surface area contributed by atoms with Gasteiger partial charge in [0.25, 0.3) is 5.56 Å². The molecule has 0 N–H and O–H groups in total. The SMILES string of the molecule is COc1ccc2nc(C)n(CN3CCCC3)c(=O)c2c1. The number of fused-ring (bicyclic) bond motifs is 1. The zero-order chi connectivity index (χ0) is 14.1. The Morgan fingerprint density at radius 2 is 2.05 bits per heavy atom. The molecule has 0 saturated carbocycles. The van der Waals surface area contributed by atoms with Crippen molar-refractivity contribution in [1.29, 1.82) is 0 Å². The summed E-state index contributed by atoms with van der Waals surface area (Å²) in [6.07, 6.45) is 2.42. The van der Waals surface area contributed by atoms with Gasteiger partial charge in [0, 0.05) is 0 Å². The van der Waals surface area contributed by atoms with Crippen molar-refractivity contribution in [3.8, 4) is 5.75 Å². The van der Waals surface area contributed by atoms with Gasteiger partial charge >= 0.3 is 0 Å². The van der Waals surface area contributed by atoms with Gasteiger partial charge in [0.15, 0.2) is 0 Å². The summed E-state index contributed by atoms with van der Waals surface area (Å²) in [6, 6.07) is 5.44. The van der Waals surface area contributed by atoms with Crippen LogP contribution in [-0.2, 0) is 6.67 Å². The molecule has 0 unspecified atom stereocenters. The highest BCUT2D eigenvalue weighted by atomic mass is 16.5. The van der Waals surface area contributed by atoms with E-state index in [4.69, 9.17) is 4.74 Å². The first-order chi connectivity index (χ1) is 9.69. The van der Waals surface area contributed by atoms with Crippen molar-refractivity contribution in [2.75, 3.05) is 20.2 Å². The summed E-state index contributed by atoms with van der Waals surface area (Å²) in [7, 11) is 1.60. The van der Waals surface area contributed by atoms with Gasteiger partial charge in [0.2, 0.25) is 0 Å². The predicted octanol–water partition coefficient (Wildman–Crippen LogP) is 1.77. The maximum absolute atomic E-state index is 12.6. The minimum Gasteiger partial charge on any atom is -0.497 e. The van der Waals surface area contributed by atoms with Crippen LogP contribution in [0.2, 0.25) is 0 Å². The monoisotopic (exact) mass is 273 g/mol. The normalized spacial score (nSPS) is 15.9. The Labute approximate surface area is 117 Å².